The van der Waals surface area contributed by atoms with E-state index < -0.39 is 5.92 Å². The molecule has 2 rings (SSSR count). The molecule has 0 saturated heterocycles. The summed E-state index contributed by atoms with van der Waals surface area (Å²) in [5.41, 5.74) is 6.46. The summed E-state index contributed by atoms with van der Waals surface area (Å²) in [6.45, 7) is 0. The number of halogens is 3. The van der Waals surface area contributed by atoms with Gasteiger partial charge < -0.3 is 5.73 Å². The van der Waals surface area contributed by atoms with Crippen LogP contribution in [0.1, 0.15) is 19.3 Å². The number of nitrogens with two attached hydrogens (primary N) is 1. The first-order chi connectivity index (χ1) is 7.96. The Hall–Kier alpha value is -0.480. The lowest BCUT2D eigenvalue weighted by Crippen LogP contribution is -2.10. The average Bonchev–Trinajstić information content (AvgIpc) is 2.60. The van der Waals surface area contributed by atoms with E-state index in [9.17, 15) is 8.78 Å². The van der Waals surface area contributed by atoms with Crippen molar-refractivity contribution >= 4 is 29.1 Å². The molecule has 0 aliphatic heterocycles. The van der Waals surface area contributed by atoms with E-state index in [1.165, 1.54) is 11.8 Å². The Morgan fingerprint density at radius 2 is 2.24 bits per heavy atom. The highest BCUT2D eigenvalue weighted by atomic mass is 35.5. The molecule has 1 atom stereocenters. The van der Waals surface area contributed by atoms with Crippen LogP contribution in [0.2, 0.25) is 5.02 Å². The third kappa shape index (κ3) is 3.49. The van der Waals surface area contributed by atoms with Crippen LogP contribution in [-0.4, -0.2) is 11.7 Å². The fourth-order valence-corrected chi connectivity index (χ4v) is 3.41. The highest BCUT2D eigenvalue weighted by molar-refractivity contribution is 7.99. The fraction of sp³-hybridized carbons (Fsp3) is 0.500. The van der Waals surface area contributed by atoms with E-state index in [-0.39, 0.29) is 18.8 Å². The minimum atomic E-state index is -2.47. The molecule has 94 valence electrons. The third-order valence-corrected chi connectivity index (χ3v) is 4.49. The molecule has 1 aromatic carbocycles. The maximum atomic E-state index is 13.0. The van der Waals surface area contributed by atoms with Crippen molar-refractivity contribution in [1.29, 1.82) is 0 Å². The van der Waals surface area contributed by atoms with Crippen molar-refractivity contribution in [3.05, 3.63) is 23.2 Å². The maximum Gasteiger partial charge on any atom is 0.248 e. The predicted octanol–water partition coefficient (Wildman–Crippen LogP) is 4.45. The van der Waals surface area contributed by atoms with Crippen LogP contribution in [0.25, 0.3) is 0 Å². The van der Waals surface area contributed by atoms with Crippen LogP contribution in [0, 0.1) is 5.92 Å². The minimum absolute atomic E-state index is 0.000467. The summed E-state index contributed by atoms with van der Waals surface area (Å²) in [4.78, 5) is 0.882. The largest absolute Gasteiger partial charge is 0.398 e. The molecule has 0 heterocycles. The van der Waals surface area contributed by atoms with Crippen LogP contribution in [0.15, 0.2) is 23.1 Å². The van der Waals surface area contributed by atoms with Crippen LogP contribution in [0.5, 0.6) is 0 Å². The van der Waals surface area contributed by atoms with Crippen molar-refractivity contribution < 1.29 is 8.78 Å². The third-order valence-electron chi connectivity index (χ3n) is 2.96. The number of benzene rings is 1. The second-order valence-corrected chi connectivity index (χ2v) is 5.96. The standard InChI is InChI=1S/C12H14ClF2NS/c13-9-1-2-10(16)11(5-9)17-7-8-3-4-12(14,15)6-8/h1-2,5,8H,3-4,6-7,16H2. The second-order valence-electron chi connectivity index (χ2n) is 4.46. The molecule has 0 spiro atoms. The summed E-state index contributed by atoms with van der Waals surface area (Å²) in [5.74, 6) is -1.71. The zero-order valence-electron chi connectivity index (χ0n) is 9.26. The molecule has 0 aromatic heterocycles. The van der Waals surface area contributed by atoms with E-state index in [4.69, 9.17) is 17.3 Å². The van der Waals surface area contributed by atoms with Crippen molar-refractivity contribution in [2.24, 2.45) is 5.92 Å². The van der Waals surface area contributed by atoms with Gasteiger partial charge >= 0.3 is 0 Å². The van der Waals surface area contributed by atoms with Gasteiger partial charge in [0.15, 0.2) is 0 Å². The number of nitrogen functional groups attached to an aromatic ring is 1. The fourth-order valence-electron chi connectivity index (χ4n) is 2.02. The Kier molecular flexibility index (Phi) is 3.83. The van der Waals surface area contributed by atoms with Crippen LogP contribution in [-0.2, 0) is 0 Å². The van der Waals surface area contributed by atoms with E-state index in [2.05, 4.69) is 0 Å². The van der Waals surface area contributed by atoms with Gasteiger partial charge in [0.25, 0.3) is 0 Å². The number of anilines is 1. The molecule has 1 saturated carbocycles. The number of rotatable bonds is 3. The molecule has 5 heteroatoms. The van der Waals surface area contributed by atoms with Gasteiger partial charge in [-0.05, 0) is 30.5 Å². The molecule has 1 nitrogen and oxygen atoms in total. The van der Waals surface area contributed by atoms with Crippen molar-refractivity contribution in [1.82, 2.24) is 0 Å². The van der Waals surface area contributed by atoms with Crippen LogP contribution in [0.4, 0.5) is 14.5 Å². The summed E-state index contributed by atoms with van der Waals surface area (Å²) in [7, 11) is 0. The SMILES string of the molecule is Nc1ccc(Cl)cc1SCC1CCC(F)(F)C1. The minimum Gasteiger partial charge on any atom is -0.398 e. The quantitative estimate of drug-likeness (QED) is 0.652. The molecule has 2 N–H and O–H groups in total. The monoisotopic (exact) mass is 277 g/mol. The van der Waals surface area contributed by atoms with Gasteiger partial charge in [0.05, 0.1) is 0 Å². The Bertz CT molecular complexity index is 411. The van der Waals surface area contributed by atoms with Gasteiger partial charge in [-0.15, -0.1) is 11.8 Å². The van der Waals surface area contributed by atoms with E-state index in [0.29, 0.717) is 22.9 Å². The molecule has 0 radical (unpaired) electrons. The van der Waals surface area contributed by atoms with E-state index in [1.807, 2.05) is 0 Å². The predicted molar refractivity (Wildman–Crippen MR) is 68.9 cm³/mol. The average molecular weight is 278 g/mol. The van der Waals surface area contributed by atoms with Gasteiger partial charge in [0.1, 0.15) is 0 Å². The summed E-state index contributed by atoms with van der Waals surface area (Å²) in [6, 6.07) is 5.26. The van der Waals surface area contributed by atoms with Crippen molar-refractivity contribution in [3.63, 3.8) is 0 Å². The van der Waals surface area contributed by atoms with Gasteiger partial charge in [-0.25, -0.2) is 8.78 Å². The number of alkyl halides is 2. The van der Waals surface area contributed by atoms with Crippen molar-refractivity contribution in [2.75, 3.05) is 11.5 Å². The zero-order chi connectivity index (χ0) is 12.5. The lowest BCUT2D eigenvalue weighted by molar-refractivity contribution is 0.00596. The number of thioether (sulfide) groups is 1. The topological polar surface area (TPSA) is 26.0 Å². The van der Waals surface area contributed by atoms with E-state index in [0.717, 1.165) is 4.90 Å². The van der Waals surface area contributed by atoms with Crippen LogP contribution < -0.4 is 5.73 Å². The van der Waals surface area contributed by atoms with Gasteiger partial charge in [-0.1, -0.05) is 11.6 Å². The second kappa shape index (κ2) is 5.02. The Morgan fingerprint density at radius 3 is 2.88 bits per heavy atom. The Labute approximate surface area is 109 Å². The molecular formula is C12H14ClF2NS. The first kappa shape index (κ1) is 13.0. The van der Waals surface area contributed by atoms with Crippen LogP contribution in [0.3, 0.4) is 0 Å². The summed E-state index contributed by atoms with van der Waals surface area (Å²) in [5, 5.41) is 0.624. The van der Waals surface area contributed by atoms with Gasteiger partial charge in [0, 0.05) is 34.2 Å². The smallest absolute Gasteiger partial charge is 0.248 e. The van der Waals surface area contributed by atoms with Gasteiger partial charge in [-0.3, -0.25) is 0 Å². The highest BCUT2D eigenvalue weighted by Crippen LogP contribution is 2.41. The van der Waals surface area contributed by atoms with E-state index in [1.54, 1.807) is 18.2 Å². The maximum absolute atomic E-state index is 13.0. The van der Waals surface area contributed by atoms with Crippen LogP contribution >= 0.6 is 23.4 Å². The van der Waals surface area contributed by atoms with Gasteiger partial charge in [-0.2, -0.15) is 0 Å². The molecule has 1 aliphatic carbocycles. The zero-order valence-corrected chi connectivity index (χ0v) is 10.8. The molecular weight excluding hydrogens is 264 g/mol. The number of hydrogen-bond acceptors (Lipinski definition) is 2. The first-order valence-electron chi connectivity index (χ1n) is 5.52. The number of hydrogen-bond donors (Lipinski definition) is 1. The summed E-state index contributed by atoms with van der Waals surface area (Å²) in [6.07, 6.45) is 0.615. The molecule has 1 fully saturated rings. The molecule has 1 aromatic rings. The Balaban J connectivity index is 1.92. The molecule has 17 heavy (non-hydrogen) atoms. The first-order valence-corrected chi connectivity index (χ1v) is 6.88. The molecule has 0 bridgehead atoms. The molecule has 1 aliphatic rings. The molecule has 1 unspecified atom stereocenters. The highest BCUT2D eigenvalue weighted by Gasteiger charge is 2.39. The lowest BCUT2D eigenvalue weighted by atomic mass is 10.1. The van der Waals surface area contributed by atoms with Crippen molar-refractivity contribution in [2.45, 2.75) is 30.1 Å². The normalized spacial score (nSPS) is 22.9. The summed E-state index contributed by atoms with van der Waals surface area (Å²) < 4.78 is 26.0. The van der Waals surface area contributed by atoms with E-state index >= 15 is 0 Å². The summed E-state index contributed by atoms with van der Waals surface area (Å²) >= 11 is 7.39. The molecule has 0 amide bonds. The van der Waals surface area contributed by atoms with Crippen molar-refractivity contribution in [3.8, 4) is 0 Å². The van der Waals surface area contributed by atoms with Gasteiger partial charge in [0.2, 0.25) is 5.92 Å². The Morgan fingerprint density at radius 1 is 1.47 bits per heavy atom. The lowest BCUT2D eigenvalue weighted by Gasteiger charge is -2.11.